The minimum absolute atomic E-state index is 0.117. The lowest BCUT2D eigenvalue weighted by molar-refractivity contribution is 0.447. The lowest BCUT2D eigenvalue weighted by Gasteiger charge is -2.14. The smallest absolute Gasteiger partial charge is 0.0683 e. The molecule has 1 aliphatic rings. The van der Waals surface area contributed by atoms with Gasteiger partial charge in [0.25, 0.3) is 0 Å². The lowest BCUT2D eigenvalue weighted by Crippen LogP contribution is -2.08. The molecule has 0 saturated heterocycles. The fourth-order valence-electron chi connectivity index (χ4n) is 2.10. The highest BCUT2D eigenvalue weighted by Crippen LogP contribution is 2.29. The molecule has 1 saturated carbocycles. The molecule has 0 aromatic rings. The van der Waals surface area contributed by atoms with Crippen molar-refractivity contribution in [2.24, 2.45) is 11.3 Å². The quantitative estimate of drug-likeness (QED) is 0.631. The molecule has 0 aromatic carbocycles. The summed E-state index contributed by atoms with van der Waals surface area (Å²) in [6.07, 6.45) is 8.05. The molecule has 0 amide bonds. The van der Waals surface area contributed by atoms with E-state index >= 15 is 0 Å². The maximum atomic E-state index is 8.87. The van der Waals surface area contributed by atoms with Gasteiger partial charge in [0.2, 0.25) is 0 Å². The van der Waals surface area contributed by atoms with Gasteiger partial charge >= 0.3 is 0 Å². The predicted octanol–water partition coefficient (Wildman–Crippen LogP) is 4.24. The third-order valence-corrected chi connectivity index (χ3v) is 4.51. The van der Waals surface area contributed by atoms with Crippen molar-refractivity contribution in [1.29, 1.82) is 5.26 Å². The van der Waals surface area contributed by atoms with Gasteiger partial charge in [0, 0.05) is 0 Å². The van der Waals surface area contributed by atoms with Crippen LogP contribution in [0.2, 0.25) is 0 Å². The zero-order valence-corrected chi connectivity index (χ0v) is 10.9. The Balaban J connectivity index is 1.95. The maximum Gasteiger partial charge on any atom is 0.0683 e. The Kier molecular flexibility index (Phi) is 5.53. The number of hydrogen-bond acceptors (Lipinski definition) is 2. The summed E-state index contributed by atoms with van der Waals surface area (Å²) in [6, 6.07) is 2.36. The van der Waals surface area contributed by atoms with Gasteiger partial charge in [0.05, 0.1) is 11.5 Å². The molecule has 86 valence electrons. The van der Waals surface area contributed by atoms with Crippen LogP contribution in [0.1, 0.15) is 52.4 Å². The van der Waals surface area contributed by atoms with Crippen molar-refractivity contribution < 1.29 is 0 Å². The van der Waals surface area contributed by atoms with Crippen LogP contribution in [0.3, 0.4) is 0 Å². The highest BCUT2D eigenvalue weighted by Gasteiger charge is 2.17. The monoisotopic (exact) mass is 225 g/mol. The van der Waals surface area contributed by atoms with Crippen molar-refractivity contribution >= 4 is 11.8 Å². The van der Waals surface area contributed by atoms with Crippen LogP contribution in [0.4, 0.5) is 0 Å². The molecule has 0 atom stereocenters. The first-order chi connectivity index (χ1) is 7.14. The molecule has 1 aliphatic carbocycles. The number of thioether (sulfide) groups is 1. The van der Waals surface area contributed by atoms with Gasteiger partial charge < -0.3 is 0 Å². The van der Waals surface area contributed by atoms with Gasteiger partial charge in [-0.05, 0) is 57.0 Å². The molecule has 0 N–H and O–H groups in total. The molecule has 0 aromatic heterocycles. The Labute approximate surface area is 98.6 Å². The molecule has 0 radical (unpaired) electrons. The van der Waals surface area contributed by atoms with E-state index in [4.69, 9.17) is 5.26 Å². The van der Waals surface area contributed by atoms with Crippen LogP contribution in [0.5, 0.6) is 0 Å². The summed E-state index contributed by atoms with van der Waals surface area (Å²) >= 11 is 2.09. The molecule has 0 unspecified atom stereocenters. The van der Waals surface area contributed by atoms with E-state index in [1.165, 1.54) is 43.6 Å². The van der Waals surface area contributed by atoms with E-state index in [1.807, 2.05) is 13.8 Å². The first-order valence-electron chi connectivity index (χ1n) is 6.13. The lowest BCUT2D eigenvalue weighted by atomic mass is 9.90. The van der Waals surface area contributed by atoms with E-state index in [0.717, 1.165) is 12.3 Å². The highest BCUT2D eigenvalue weighted by atomic mass is 32.2. The molecule has 0 aliphatic heterocycles. The summed E-state index contributed by atoms with van der Waals surface area (Å²) in [4.78, 5) is 0. The number of nitrogens with zero attached hydrogens (tertiary/aromatic N) is 1. The molecule has 0 spiro atoms. The molecular weight excluding hydrogens is 202 g/mol. The zero-order valence-electron chi connectivity index (χ0n) is 10.1. The second kappa shape index (κ2) is 6.43. The van der Waals surface area contributed by atoms with Gasteiger partial charge in [-0.25, -0.2) is 0 Å². The maximum absolute atomic E-state index is 8.87. The number of rotatable bonds is 6. The summed E-state index contributed by atoms with van der Waals surface area (Å²) in [5, 5.41) is 8.87. The SMILES string of the molecule is CC(C)(C#N)CCCSCC1CCCC1. The van der Waals surface area contributed by atoms with Crippen molar-refractivity contribution in [3.8, 4) is 6.07 Å². The second-order valence-corrected chi connectivity index (χ2v) is 6.47. The Hall–Kier alpha value is -0.160. The van der Waals surface area contributed by atoms with Crippen molar-refractivity contribution in [3.63, 3.8) is 0 Å². The molecule has 15 heavy (non-hydrogen) atoms. The normalized spacial score (nSPS) is 17.9. The minimum atomic E-state index is -0.117. The largest absolute Gasteiger partial charge is 0.198 e. The standard InChI is InChI=1S/C13H23NS/c1-13(2,11-14)8-5-9-15-10-12-6-3-4-7-12/h12H,3-10H2,1-2H3. The van der Waals surface area contributed by atoms with Gasteiger partial charge in [-0.3, -0.25) is 0 Å². The number of nitriles is 1. The van der Waals surface area contributed by atoms with E-state index in [1.54, 1.807) is 0 Å². The van der Waals surface area contributed by atoms with E-state index in [9.17, 15) is 0 Å². The third kappa shape index (κ3) is 5.47. The Morgan fingerprint density at radius 3 is 2.60 bits per heavy atom. The summed E-state index contributed by atoms with van der Waals surface area (Å²) in [6.45, 7) is 4.07. The van der Waals surface area contributed by atoms with Gasteiger partial charge in [-0.2, -0.15) is 17.0 Å². The Bertz CT molecular complexity index is 211. The summed E-state index contributed by atoms with van der Waals surface area (Å²) in [7, 11) is 0. The third-order valence-electron chi connectivity index (χ3n) is 3.22. The van der Waals surface area contributed by atoms with Crippen LogP contribution in [0, 0.1) is 22.7 Å². The van der Waals surface area contributed by atoms with Gasteiger partial charge in [-0.1, -0.05) is 12.8 Å². The van der Waals surface area contributed by atoms with Crippen LogP contribution in [0.15, 0.2) is 0 Å². The fraction of sp³-hybridized carbons (Fsp3) is 0.923. The first-order valence-corrected chi connectivity index (χ1v) is 7.28. The van der Waals surface area contributed by atoms with Crippen molar-refractivity contribution in [3.05, 3.63) is 0 Å². The molecular formula is C13H23NS. The molecule has 1 nitrogen and oxygen atoms in total. The Morgan fingerprint density at radius 2 is 2.00 bits per heavy atom. The highest BCUT2D eigenvalue weighted by molar-refractivity contribution is 7.99. The van der Waals surface area contributed by atoms with E-state index in [0.29, 0.717) is 0 Å². The number of hydrogen-bond donors (Lipinski definition) is 0. The fourth-order valence-corrected chi connectivity index (χ4v) is 3.28. The van der Waals surface area contributed by atoms with Gasteiger partial charge in [-0.15, -0.1) is 0 Å². The van der Waals surface area contributed by atoms with Gasteiger partial charge in [0.1, 0.15) is 0 Å². The van der Waals surface area contributed by atoms with Crippen LogP contribution in [-0.4, -0.2) is 11.5 Å². The molecule has 1 rings (SSSR count). The van der Waals surface area contributed by atoms with Crippen LogP contribution >= 0.6 is 11.8 Å². The predicted molar refractivity (Wildman–Crippen MR) is 67.9 cm³/mol. The van der Waals surface area contributed by atoms with E-state index in [2.05, 4.69) is 17.8 Å². The topological polar surface area (TPSA) is 23.8 Å². The van der Waals surface area contributed by atoms with Crippen molar-refractivity contribution in [1.82, 2.24) is 0 Å². The average Bonchev–Trinajstić information content (AvgIpc) is 2.70. The molecule has 2 heteroatoms. The van der Waals surface area contributed by atoms with Crippen LogP contribution < -0.4 is 0 Å². The average molecular weight is 225 g/mol. The molecule has 0 heterocycles. The summed E-state index contributed by atoms with van der Waals surface area (Å²) in [5.74, 6) is 3.59. The summed E-state index contributed by atoms with van der Waals surface area (Å²) < 4.78 is 0. The van der Waals surface area contributed by atoms with Crippen LogP contribution in [0.25, 0.3) is 0 Å². The second-order valence-electron chi connectivity index (χ2n) is 5.32. The van der Waals surface area contributed by atoms with E-state index in [-0.39, 0.29) is 5.41 Å². The Morgan fingerprint density at radius 1 is 1.33 bits per heavy atom. The van der Waals surface area contributed by atoms with Crippen molar-refractivity contribution in [2.45, 2.75) is 52.4 Å². The summed E-state index contributed by atoms with van der Waals surface area (Å²) in [5.41, 5.74) is -0.117. The first kappa shape index (κ1) is 12.9. The van der Waals surface area contributed by atoms with E-state index < -0.39 is 0 Å². The van der Waals surface area contributed by atoms with Crippen LogP contribution in [-0.2, 0) is 0 Å². The van der Waals surface area contributed by atoms with Crippen molar-refractivity contribution in [2.75, 3.05) is 11.5 Å². The molecule has 0 bridgehead atoms. The minimum Gasteiger partial charge on any atom is -0.198 e. The molecule has 1 fully saturated rings. The zero-order chi connectivity index (χ0) is 11.1. The van der Waals surface area contributed by atoms with Gasteiger partial charge in [0.15, 0.2) is 0 Å².